The molecule has 0 aliphatic carbocycles. The average Bonchev–Trinajstić information content (AvgIpc) is 3.82. The Morgan fingerprint density at radius 2 is 1.21 bits per heavy atom. The molecule has 8 heteroatoms. The Morgan fingerprint density at radius 3 is 1.72 bits per heavy atom. The molecule has 0 saturated heterocycles. The number of esters is 1. The lowest BCUT2D eigenvalue weighted by atomic mass is 9.77. The van der Waals surface area contributed by atoms with Crippen molar-refractivity contribution in [2.75, 3.05) is 7.11 Å². The first-order valence-electron chi connectivity index (χ1n) is 18.1. The number of carbonyl (C=O) groups excluding carboxylic acids is 1. The maximum absolute atomic E-state index is 13.1. The molecule has 0 radical (unpaired) electrons. The SMILES string of the molecule is CCCn1nc(Cc2ccc(-c3ccccc3-c3nnn(C(c4ccccc4)(c4ccccc4)c4ccccc4)n3)cc2)c(C(=O)OC)c1C(C)(C)C. The minimum Gasteiger partial charge on any atom is -0.465 e. The van der Waals surface area contributed by atoms with E-state index in [1.807, 2.05) is 77.5 Å². The number of aryl methyl sites for hydroxylation is 1. The highest BCUT2D eigenvalue weighted by Crippen LogP contribution is 2.40. The van der Waals surface area contributed by atoms with E-state index < -0.39 is 5.54 Å². The Hall–Kier alpha value is -6.15. The molecular weight excluding hydrogens is 657 g/mol. The summed E-state index contributed by atoms with van der Waals surface area (Å²) in [5.41, 5.74) is 8.03. The fourth-order valence-corrected chi connectivity index (χ4v) is 7.36. The summed E-state index contributed by atoms with van der Waals surface area (Å²) in [6.45, 7) is 9.17. The van der Waals surface area contributed by atoms with Gasteiger partial charge in [0.25, 0.3) is 0 Å². The van der Waals surface area contributed by atoms with Gasteiger partial charge in [-0.15, -0.1) is 15.0 Å². The lowest BCUT2D eigenvalue weighted by Crippen LogP contribution is -2.39. The monoisotopic (exact) mass is 700 g/mol. The normalized spacial score (nSPS) is 11.8. The molecule has 0 atom stereocenters. The highest BCUT2D eigenvalue weighted by atomic mass is 16.5. The molecule has 0 bridgehead atoms. The molecule has 53 heavy (non-hydrogen) atoms. The van der Waals surface area contributed by atoms with Crippen LogP contribution >= 0.6 is 0 Å². The molecule has 2 heterocycles. The van der Waals surface area contributed by atoms with E-state index in [0.717, 1.165) is 63.3 Å². The van der Waals surface area contributed by atoms with Crippen LogP contribution in [0.3, 0.4) is 0 Å². The molecular formula is C45H44N6O2. The van der Waals surface area contributed by atoms with Crippen LogP contribution < -0.4 is 0 Å². The van der Waals surface area contributed by atoms with Crippen LogP contribution in [-0.4, -0.2) is 43.1 Å². The number of hydrogen-bond donors (Lipinski definition) is 0. The Bertz CT molecular complexity index is 2210. The van der Waals surface area contributed by atoms with Crippen molar-refractivity contribution in [2.24, 2.45) is 0 Å². The quantitative estimate of drug-likeness (QED) is 0.0989. The van der Waals surface area contributed by atoms with Crippen molar-refractivity contribution < 1.29 is 9.53 Å². The van der Waals surface area contributed by atoms with E-state index >= 15 is 0 Å². The Kier molecular flexibility index (Phi) is 9.87. The van der Waals surface area contributed by atoms with Gasteiger partial charge in [-0.2, -0.15) is 5.10 Å². The first-order chi connectivity index (χ1) is 25.7. The summed E-state index contributed by atoms with van der Waals surface area (Å²) in [5.74, 6) is 0.171. The topological polar surface area (TPSA) is 87.7 Å². The predicted octanol–water partition coefficient (Wildman–Crippen LogP) is 9.13. The lowest BCUT2D eigenvalue weighted by molar-refractivity contribution is 0.0596. The second-order valence-electron chi connectivity index (χ2n) is 14.3. The van der Waals surface area contributed by atoms with E-state index in [4.69, 9.17) is 25.2 Å². The van der Waals surface area contributed by atoms with Crippen molar-refractivity contribution in [1.29, 1.82) is 0 Å². The lowest BCUT2D eigenvalue weighted by Gasteiger charge is -2.34. The Balaban J connectivity index is 1.28. The van der Waals surface area contributed by atoms with E-state index in [2.05, 4.69) is 94.4 Å². The fraction of sp³-hybridized carbons (Fsp3) is 0.222. The molecule has 0 unspecified atom stereocenters. The number of nitrogens with zero attached hydrogens (tertiary/aromatic N) is 6. The van der Waals surface area contributed by atoms with E-state index in [9.17, 15) is 4.79 Å². The van der Waals surface area contributed by atoms with Gasteiger partial charge in [0.05, 0.1) is 18.5 Å². The van der Waals surface area contributed by atoms with Gasteiger partial charge in [-0.3, -0.25) is 4.68 Å². The number of hydrogen-bond acceptors (Lipinski definition) is 6. The van der Waals surface area contributed by atoms with Crippen molar-refractivity contribution in [1.82, 2.24) is 30.0 Å². The zero-order valence-corrected chi connectivity index (χ0v) is 30.9. The predicted molar refractivity (Wildman–Crippen MR) is 209 cm³/mol. The number of aromatic nitrogens is 6. The molecule has 266 valence electrons. The second-order valence-corrected chi connectivity index (χ2v) is 14.3. The first-order valence-corrected chi connectivity index (χ1v) is 18.1. The summed E-state index contributed by atoms with van der Waals surface area (Å²) < 4.78 is 7.24. The van der Waals surface area contributed by atoms with Gasteiger partial charge in [0, 0.05) is 23.9 Å². The fourth-order valence-electron chi connectivity index (χ4n) is 7.36. The van der Waals surface area contributed by atoms with Gasteiger partial charge in [0.2, 0.25) is 5.82 Å². The number of tetrazole rings is 1. The van der Waals surface area contributed by atoms with Crippen LogP contribution in [0.25, 0.3) is 22.5 Å². The standard InChI is InChI=1S/C45H44N6O2/c1-6-30-50-41(44(2,3)4)40(43(52)53-5)39(47-50)31-32-26-28-33(29-27-32)37-24-16-17-25-38(37)42-46-49-51(48-42)45(34-18-10-7-11-19-34,35-20-12-8-13-21-35)36-22-14-9-15-23-36/h7-29H,6,30-31H2,1-5H3. The number of methoxy groups -OCH3 is 1. The molecule has 8 nitrogen and oxygen atoms in total. The molecule has 2 aromatic heterocycles. The van der Waals surface area contributed by atoms with E-state index in [1.54, 1.807) is 4.80 Å². The van der Waals surface area contributed by atoms with E-state index in [0.29, 0.717) is 17.8 Å². The van der Waals surface area contributed by atoms with Gasteiger partial charge in [-0.25, -0.2) is 4.79 Å². The highest BCUT2D eigenvalue weighted by molar-refractivity contribution is 5.92. The highest BCUT2D eigenvalue weighted by Gasteiger charge is 2.41. The van der Waals surface area contributed by atoms with Gasteiger partial charge in [-0.05, 0) is 45.0 Å². The average molecular weight is 701 g/mol. The van der Waals surface area contributed by atoms with E-state index in [-0.39, 0.29) is 11.4 Å². The zero-order chi connectivity index (χ0) is 37.0. The van der Waals surface area contributed by atoms with Crippen LogP contribution in [-0.2, 0) is 28.7 Å². The number of carbonyl (C=O) groups is 1. The molecule has 0 aliphatic rings. The van der Waals surface area contributed by atoms with Crippen LogP contribution in [0, 0.1) is 0 Å². The van der Waals surface area contributed by atoms with Gasteiger partial charge in [0.15, 0.2) is 5.54 Å². The molecule has 0 saturated carbocycles. The largest absolute Gasteiger partial charge is 0.465 e. The Labute approximate surface area is 311 Å². The maximum Gasteiger partial charge on any atom is 0.341 e. The first kappa shape index (κ1) is 35.3. The molecule has 0 fully saturated rings. The number of ether oxygens (including phenoxy) is 1. The summed E-state index contributed by atoms with van der Waals surface area (Å²) in [4.78, 5) is 14.9. The molecule has 5 aromatic carbocycles. The molecule has 0 aliphatic heterocycles. The molecule has 7 rings (SSSR count). The summed E-state index contributed by atoms with van der Waals surface area (Å²) >= 11 is 0. The summed E-state index contributed by atoms with van der Waals surface area (Å²) in [6.07, 6.45) is 1.41. The second kappa shape index (κ2) is 14.8. The van der Waals surface area contributed by atoms with E-state index in [1.165, 1.54) is 7.11 Å². The van der Waals surface area contributed by atoms with Gasteiger partial charge in [-0.1, -0.05) is 167 Å². The smallest absolute Gasteiger partial charge is 0.341 e. The van der Waals surface area contributed by atoms with Gasteiger partial charge >= 0.3 is 5.97 Å². The zero-order valence-electron chi connectivity index (χ0n) is 30.9. The number of rotatable bonds is 11. The van der Waals surface area contributed by atoms with Crippen molar-refractivity contribution in [3.63, 3.8) is 0 Å². The van der Waals surface area contributed by atoms with Gasteiger partial charge < -0.3 is 4.74 Å². The third-order valence-corrected chi connectivity index (χ3v) is 9.65. The van der Waals surface area contributed by atoms with Crippen molar-refractivity contribution >= 4 is 5.97 Å². The molecule has 0 N–H and O–H groups in total. The molecule has 0 amide bonds. The summed E-state index contributed by atoms with van der Waals surface area (Å²) in [7, 11) is 1.43. The minimum atomic E-state index is -0.869. The van der Waals surface area contributed by atoms with Crippen LogP contribution in [0.4, 0.5) is 0 Å². The third-order valence-electron chi connectivity index (χ3n) is 9.65. The van der Waals surface area contributed by atoms with Crippen LogP contribution in [0.15, 0.2) is 140 Å². The van der Waals surface area contributed by atoms with Crippen LogP contribution in [0.1, 0.15) is 78.1 Å². The molecule has 0 spiro atoms. The molecule has 7 aromatic rings. The third kappa shape index (κ3) is 6.68. The maximum atomic E-state index is 13.1. The van der Waals surface area contributed by atoms with Gasteiger partial charge in [0.1, 0.15) is 5.56 Å². The summed E-state index contributed by atoms with van der Waals surface area (Å²) in [6, 6.07) is 47.6. The Morgan fingerprint density at radius 1 is 0.679 bits per heavy atom. The minimum absolute atomic E-state index is 0.281. The van der Waals surface area contributed by atoms with Crippen LogP contribution in [0.5, 0.6) is 0 Å². The number of benzene rings is 5. The van der Waals surface area contributed by atoms with Crippen molar-refractivity contribution in [3.8, 4) is 22.5 Å². The van der Waals surface area contributed by atoms with Crippen LogP contribution in [0.2, 0.25) is 0 Å². The van der Waals surface area contributed by atoms with Crippen molar-refractivity contribution in [2.45, 2.75) is 58.0 Å². The summed E-state index contributed by atoms with van der Waals surface area (Å²) in [5, 5.41) is 19.6. The van der Waals surface area contributed by atoms with Crippen molar-refractivity contribution in [3.05, 3.63) is 179 Å².